The molecule has 2 rings (SSSR count). The molecule has 22 heavy (non-hydrogen) atoms. The zero-order valence-electron chi connectivity index (χ0n) is 12.0. The number of imide groups is 1. The molecule has 0 fully saturated rings. The summed E-state index contributed by atoms with van der Waals surface area (Å²) in [6.45, 7) is 1.71. The first-order valence-electron chi connectivity index (χ1n) is 6.50. The number of nitrogens with zero attached hydrogens (tertiary/aromatic N) is 2. The van der Waals surface area contributed by atoms with Crippen molar-refractivity contribution in [3.05, 3.63) is 41.7 Å². The predicted molar refractivity (Wildman–Crippen MR) is 86.5 cm³/mol. The van der Waals surface area contributed by atoms with Crippen molar-refractivity contribution in [2.45, 2.75) is 17.3 Å². The lowest BCUT2D eigenvalue weighted by Crippen LogP contribution is -2.41. The maximum atomic E-state index is 11.9. The zero-order chi connectivity index (χ0) is 16.1. The molecule has 0 bridgehead atoms. The molecule has 2 N–H and O–H groups in total. The van der Waals surface area contributed by atoms with E-state index in [2.05, 4.69) is 15.6 Å². The van der Waals surface area contributed by atoms with Crippen LogP contribution in [0.2, 0.25) is 5.02 Å². The van der Waals surface area contributed by atoms with Crippen LogP contribution in [0.5, 0.6) is 0 Å². The zero-order valence-corrected chi connectivity index (χ0v) is 13.6. The maximum absolute atomic E-state index is 11.9. The number of urea groups is 1. The fourth-order valence-corrected chi connectivity index (χ4v) is 2.76. The molecule has 0 aliphatic rings. The van der Waals surface area contributed by atoms with Crippen LogP contribution in [0.25, 0.3) is 5.69 Å². The Morgan fingerprint density at radius 1 is 1.41 bits per heavy atom. The van der Waals surface area contributed by atoms with Gasteiger partial charge in [0, 0.05) is 30.2 Å². The number of hydrogen-bond donors (Lipinski definition) is 2. The van der Waals surface area contributed by atoms with Crippen molar-refractivity contribution in [3.8, 4) is 5.69 Å². The van der Waals surface area contributed by atoms with Gasteiger partial charge in [0.25, 0.3) is 0 Å². The van der Waals surface area contributed by atoms with Gasteiger partial charge in [0.15, 0.2) is 5.16 Å². The van der Waals surface area contributed by atoms with Gasteiger partial charge in [0.1, 0.15) is 0 Å². The van der Waals surface area contributed by atoms with E-state index in [1.165, 1.54) is 18.8 Å². The van der Waals surface area contributed by atoms with Crippen LogP contribution in [0.4, 0.5) is 4.79 Å². The topological polar surface area (TPSA) is 76.0 Å². The largest absolute Gasteiger partial charge is 0.341 e. The van der Waals surface area contributed by atoms with Crippen LogP contribution in [0.3, 0.4) is 0 Å². The molecule has 1 atom stereocenters. The summed E-state index contributed by atoms with van der Waals surface area (Å²) in [6.07, 6.45) is 3.43. The van der Waals surface area contributed by atoms with E-state index >= 15 is 0 Å². The standard InChI is InChI=1S/C14H15ClN4O2S/c1-9(12(20)18-13(21)16-2)22-14-17-6-7-19(14)11-5-3-4-10(15)8-11/h3-9H,1-2H3,(H2,16,18,20,21)/t9-/m0/s1. The molecule has 0 radical (unpaired) electrons. The number of aromatic nitrogens is 2. The molecule has 1 aromatic heterocycles. The summed E-state index contributed by atoms with van der Waals surface area (Å²) in [5.41, 5.74) is 0.853. The lowest BCUT2D eigenvalue weighted by molar-refractivity contribution is -0.119. The number of halogens is 1. The van der Waals surface area contributed by atoms with Crippen molar-refractivity contribution in [2.75, 3.05) is 7.05 Å². The Balaban J connectivity index is 2.13. The molecule has 3 amide bonds. The van der Waals surface area contributed by atoms with Crippen molar-refractivity contribution in [1.82, 2.24) is 20.2 Å². The highest BCUT2D eigenvalue weighted by molar-refractivity contribution is 8.00. The fraction of sp³-hybridized carbons (Fsp3) is 0.214. The summed E-state index contributed by atoms with van der Waals surface area (Å²) < 4.78 is 1.83. The number of thioether (sulfide) groups is 1. The molecule has 1 heterocycles. The van der Waals surface area contributed by atoms with Gasteiger partial charge in [0.2, 0.25) is 5.91 Å². The van der Waals surface area contributed by atoms with Crippen LogP contribution in [-0.2, 0) is 4.79 Å². The van der Waals surface area contributed by atoms with Gasteiger partial charge in [-0.3, -0.25) is 14.7 Å². The minimum absolute atomic E-state index is 0.384. The molecule has 1 aromatic carbocycles. The van der Waals surface area contributed by atoms with Crippen molar-refractivity contribution in [1.29, 1.82) is 0 Å². The van der Waals surface area contributed by atoms with Crippen LogP contribution in [0.15, 0.2) is 41.8 Å². The summed E-state index contributed by atoms with van der Waals surface area (Å²) in [7, 11) is 1.45. The van der Waals surface area contributed by atoms with E-state index in [9.17, 15) is 9.59 Å². The van der Waals surface area contributed by atoms with Crippen LogP contribution in [-0.4, -0.2) is 33.8 Å². The quantitative estimate of drug-likeness (QED) is 0.840. The number of hydrogen-bond acceptors (Lipinski definition) is 4. The number of amides is 3. The van der Waals surface area contributed by atoms with Crippen molar-refractivity contribution < 1.29 is 9.59 Å². The summed E-state index contributed by atoms with van der Waals surface area (Å²) in [4.78, 5) is 27.3. The minimum Gasteiger partial charge on any atom is -0.341 e. The van der Waals surface area contributed by atoms with Gasteiger partial charge in [-0.15, -0.1) is 0 Å². The van der Waals surface area contributed by atoms with Gasteiger partial charge in [-0.1, -0.05) is 29.4 Å². The average Bonchev–Trinajstić information content (AvgIpc) is 2.95. The van der Waals surface area contributed by atoms with Crippen LogP contribution in [0.1, 0.15) is 6.92 Å². The number of carbonyl (C=O) groups is 2. The van der Waals surface area contributed by atoms with Crippen molar-refractivity contribution in [3.63, 3.8) is 0 Å². The predicted octanol–water partition coefficient (Wildman–Crippen LogP) is 2.46. The molecule has 0 aliphatic carbocycles. The normalized spacial score (nSPS) is 11.8. The molecular weight excluding hydrogens is 324 g/mol. The van der Waals surface area contributed by atoms with E-state index in [-0.39, 0.29) is 5.91 Å². The Hall–Kier alpha value is -1.99. The Labute approximate surface area is 137 Å². The number of nitrogens with one attached hydrogen (secondary N) is 2. The van der Waals surface area contributed by atoms with Crippen LogP contribution < -0.4 is 10.6 Å². The SMILES string of the molecule is CNC(=O)NC(=O)[C@H](C)Sc1nccn1-c1cccc(Cl)c1. The van der Waals surface area contributed by atoms with E-state index in [1.54, 1.807) is 25.4 Å². The molecule has 6 nitrogen and oxygen atoms in total. The van der Waals surface area contributed by atoms with Crippen LogP contribution in [0, 0.1) is 0 Å². The smallest absolute Gasteiger partial charge is 0.321 e. The summed E-state index contributed by atoms with van der Waals surface area (Å²) in [6, 6.07) is 6.80. The molecular formula is C14H15ClN4O2S. The average molecular weight is 339 g/mol. The number of carbonyl (C=O) groups excluding carboxylic acids is 2. The van der Waals surface area contributed by atoms with E-state index in [4.69, 9.17) is 11.6 Å². The van der Waals surface area contributed by atoms with Gasteiger partial charge >= 0.3 is 6.03 Å². The molecule has 0 saturated heterocycles. The Kier molecular flexibility index (Phi) is 5.46. The van der Waals surface area contributed by atoms with E-state index in [0.717, 1.165) is 5.69 Å². The third kappa shape index (κ3) is 4.02. The third-order valence-electron chi connectivity index (χ3n) is 2.81. The summed E-state index contributed by atoms with van der Waals surface area (Å²) in [5.74, 6) is -0.384. The number of imidazole rings is 1. The number of rotatable bonds is 4. The lowest BCUT2D eigenvalue weighted by Gasteiger charge is -2.12. The summed E-state index contributed by atoms with van der Waals surface area (Å²) >= 11 is 7.25. The van der Waals surface area contributed by atoms with Crippen molar-refractivity contribution >= 4 is 35.3 Å². The highest BCUT2D eigenvalue weighted by atomic mass is 35.5. The Morgan fingerprint density at radius 2 is 2.18 bits per heavy atom. The van der Waals surface area contributed by atoms with Gasteiger partial charge in [-0.2, -0.15) is 0 Å². The molecule has 116 valence electrons. The van der Waals surface area contributed by atoms with E-state index < -0.39 is 11.3 Å². The minimum atomic E-state index is -0.532. The van der Waals surface area contributed by atoms with E-state index in [0.29, 0.717) is 10.2 Å². The molecule has 0 unspecified atom stereocenters. The maximum Gasteiger partial charge on any atom is 0.321 e. The molecule has 0 spiro atoms. The molecule has 0 aliphatic heterocycles. The monoisotopic (exact) mass is 338 g/mol. The van der Waals surface area contributed by atoms with Gasteiger partial charge in [-0.05, 0) is 25.1 Å². The highest BCUT2D eigenvalue weighted by Gasteiger charge is 2.19. The van der Waals surface area contributed by atoms with E-state index in [1.807, 2.05) is 22.8 Å². The first-order chi connectivity index (χ1) is 10.5. The van der Waals surface area contributed by atoms with Gasteiger partial charge in [0.05, 0.1) is 5.25 Å². The second-order valence-corrected chi connectivity index (χ2v) is 6.13. The molecule has 8 heteroatoms. The van der Waals surface area contributed by atoms with Crippen LogP contribution >= 0.6 is 23.4 Å². The third-order valence-corrected chi connectivity index (χ3v) is 4.12. The molecule has 0 saturated carbocycles. The number of benzene rings is 1. The van der Waals surface area contributed by atoms with Crippen molar-refractivity contribution in [2.24, 2.45) is 0 Å². The second kappa shape index (κ2) is 7.33. The van der Waals surface area contributed by atoms with Gasteiger partial charge in [-0.25, -0.2) is 9.78 Å². The fourth-order valence-electron chi connectivity index (χ4n) is 1.69. The lowest BCUT2D eigenvalue weighted by atomic mass is 10.3. The first-order valence-corrected chi connectivity index (χ1v) is 7.75. The Bertz CT molecular complexity index is 689. The molecule has 2 aromatic rings. The second-order valence-electron chi connectivity index (χ2n) is 4.39. The summed E-state index contributed by atoms with van der Waals surface area (Å²) in [5, 5.41) is 5.36. The highest BCUT2D eigenvalue weighted by Crippen LogP contribution is 2.25. The first kappa shape index (κ1) is 16.4. The Morgan fingerprint density at radius 3 is 2.86 bits per heavy atom. The van der Waals surface area contributed by atoms with Gasteiger partial charge < -0.3 is 5.32 Å².